The van der Waals surface area contributed by atoms with Crippen LogP contribution < -0.4 is 0 Å². The van der Waals surface area contributed by atoms with Crippen molar-refractivity contribution in [2.45, 2.75) is 116 Å². The number of hydrogen-bond acceptors (Lipinski definition) is 0. The van der Waals surface area contributed by atoms with E-state index in [1.165, 1.54) is 66.8 Å². The fourth-order valence-electron chi connectivity index (χ4n) is 4.86. The smallest absolute Gasteiger partial charge is 0.0111 e. The van der Waals surface area contributed by atoms with E-state index < -0.39 is 0 Å². The van der Waals surface area contributed by atoms with Crippen LogP contribution in [-0.2, 0) is 19.3 Å². The summed E-state index contributed by atoms with van der Waals surface area (Å²) in [6.07, 6.45) is 6.61. The maximum absolute atomic E-state index is 4.36. The van der Waals surface area contributed by atoms with Crippen LogP contribution in [0.25, 0.3) is 11.1 Å². The molecule has 0 aliphatic carbocycles. The standard InChI is InChI=1S/C31H46.C2H6.C2H4/c1-14-18-28-24(13)29(21(9)10)25(15-2)26(16-3)31(28)27(17-4)30(22(11)19(5)6)23(12)20(7)8;2*1-2/h17H,5,9,14-16,18H2,1-4,6-8,10-13H3;1-2H3;1-2H2/b27-17+,30-22-;;. The fourth-order valence-corrected chi connectivity index (χ4v) is 4.86. The molecule has 196 valence electrons. The normalized spacial score (nSPS) is 11.4. The van der Waals surface area contributed by atoms with Gasteiger partial charge in [-0.05, 0) is 130 Å². The van der Waals surface area contributed by atoms with Gasteiger partial charge in [0.1, 0.15) is 0 Å². The molecule has 0 bridgehead atoms. The van der Waals surface area contributed by atoms with Gasteiger partial charge in [-0.25, -0.2) is 0 Å². The molecule has 0 heteroatoms. The van der Waals surface area contributed by atoms with Gasteiger partial charge in [0.25, 0.3) is 0 Å². The highest BCUT2D eigenvalue weighted by molar-refractivity contribution is 5.90. The van der Waals surface area contributed by atoms with E-state index in [2.05, 4.69) is 109 Å². The van der Waals surface area contributed by atoms with Crippen molar-refractivity contribution in [3.05, 3.63) is 93.6 Å². The molecule has 0 aliphatic heterocycles. The number of allylic oxidation sites excluding steroid dienone is 8. The molecule has 0 saturated carbocycles. The van der Waals surface area contributed by atoms with E-state index in [0.717, 1.165) is 31.3 Å². The molecule has 1 rings (SSSR count). The SMILES string of the molecule is C=C.C=C(C)/C(C)=C(C(C)=C(C)C)\C(=C/C)c1c(CCC)c(C)c(C(=C)C)c(CC)c1CC.CC. The van der Waals surface area contributed by atoms with Crippen LogP contribution in [0.4, 0.5) is 0 Å². The zero-order valence-electron chi connectivity index (χ0n) is 25.7. The molecule has 1 aromatic rings. The molecule has 0 nitrogen and oxygen atoms in total. The van der Waals surface area contributed by atoms with Gasteiger partial charge in [-0.15, -0.1) is 13.2 Å². The van der Waals surface area contributed by atoms with Gasteiger partial charge in [0.05, 0.1) is 0 Å². The molecule has 0 unspecified atom stereocenters. The average molecular weight is 477 g/mol. The summed E-state index contributed by atoms with van der Waals surface area (Å²) in [6, 6.07) is 0. The molecule has 0 heterocycles. The average Bonchev–Trinajstić information content (AvgIpc) is 2.84. The Bertz CT molecular complexity index is 966. The molecule has 0 aliphatic rings. The highest BCUT2D eigenvalue weighted by atomic mass is 14.3. The molecular formula is C35H56. The first kappa shape index (κ1) is 34.8. The van der Waals surface area contributed by atoms with Gasteiger partial charge in [-0.1, -0.05) is 77.0 Å². The van der Waals surface area contributed by atoms with E-state index in [1.807, 2.05) is 13.8 Å². The minimum absolute atomic E-state index is 1.03. The molecule has 0 aromatic heterocycles. The van der Waals surface area contributed by atoms with Gasteiger partial charge in [-0.2, -0.15) is 0 Å². The molecule has 0 spiro atoms. The van der Waals surface area contributed by atoms with Gasteiger partial charge in [-0.3, -0.25) is 0 Å². The second-order valence-electron chi connectivity index (χ2n) is 9.16. The Morgan fingerprint density at radius 1 is 0.743 bits per heavy atom. The lowest BCUT2D eigenvalue weighted by Gasteiger charge is -2.29. The van der Waals surface area contributed by atoms with Gasteiger partial charge >= 0.3 is 0 Å². The van der Waals surface area contributed by atoms with Crippen LogP contribution in [0.15, 0.2) is 60.3 Å². The third kappa shape index (κ3) is 8.09. The van der Waals surface area contributed by atoms with Gasteiger partial charge < -0.3 is 0 Å². The lowest BCUT2D eigenvalue weighted by atomic mass is 9.75. The molecule has 0 fully saturated rings. The first-order valence-electron chi connectivity index (χ1n) is 13.5. The predicted molar refractivity (Wildman–Crippen MR) is 166 cm³/mol. The molecule has 0 radical (unpaired) electrons. The highest BCUT2D eigenvalue weighted by Crippen LogP contribution is 2.42. The molecule has 0 N–H and O–H groups in total. The van der Waals surface area contributed by atoms with E-state index in [-0.39, 0.29) is 0 Å². The predicted octanol–water partition coefficient (Wildman–Crippen LogP) is 11.6. The van der Waals surface area contributed by atoms with Gasteiger partial charge in [0.15, 0.2) is 0 Å². The lowest BCUT2D eigenvalue weighted by Crippen LogP contribution is -2.12. The highest BCUT2D eigenvalue weighted by Gasteiger charge is 2.25. The van der Waals surface area contributed by atoms with Crippen molar-refractivity contribution in [2.75, 3.05) is 0 Å². The van der Waals surface area contributed by atoms with E-state index >= 15 is 0 Å². The van der Waals surface area contributed by atoms with E-state index in [4.69, 9.17) is 0 Å². The molecule has 35 heavy (non-hydrogen) atoms. The zero-order chi connectivity index (χ0) is 28.0. The van der Waals surface area contributed by atoms with Crippen molar-refractivity contribution in [3.8, 4) is 0 Å². The lowest BCUT2D eigenvalue weighted by molar-refractivity contribution is 0.892. The van der Waals surface area contributed by atoms with Crippen molar-refractivity contribution in [2.24, 2.45) is 0 Å². The summed E-state index contributed by atoms with van der Waals surface area (Å²) in [6.45, 7) is 43.3. The van der Waals surface area contributed by atoms with Crippen LogP contribution >= 0.6 is 0 Å². The van der Waals surface area contributed by atoms with Crippen molar-refractivity contribution in [1.29, 1.82) is 0 Å². The third-order valence-corrected chi connectivity index (χ3v) is 6.70. The monoisotopic (exact) mass is 476 g/mol. The van der Waals surface area contributed by atoms with E-state index in [0.29, 0.717) is 0 Å². The summed E-state index contributed by atoms with van der Waals surface area (Å²) in [7, 11) is 0. The van der Waals surface area contributed by atoms with Crippen molar-refractivity contribution in [3.63, 3.8) is 0 Å². The molecule has 0 amide bonds. The largest absolute Gasteiger partial charge is 0.106 e. The Labute approximate surface area is 220 Å². The number of rotatable bonds is 9. The summed E-state index contributed by atoms with van der Waals surface area (Å²) in [5.74, 6) is 0. The van der Waals surface area contributed by atoms with Crippen LogP contribution in [0.2, 0.25) is 0 Å². The van der Waals surface area contributed by atoms with Crippen LogP contribution in [0.1, 0.15) is 123 Å². The molecule has 1 aromatic carbocycles. The van der Waals surface area contributed by atoms with E-state index in [9.17, 15) is 0 Å². The Morgan fingerprint density at radius 2 is 1.20 bits per heavy atom. The Morgan fingerprint density at radius 3 is 1.51 bits per heavy atom. The van der Waals surface area contributed by atoms with Crippen LogP contribution in [-0.4, -0.2) is 0 Å². The van der Waals surface area contributed by atoms with Gasteiger partial charge in [0.2, 0.25) is 0 Å². The maximum atomic E-state index is 4.36. The topological polar surface area (TPSA) is 0 Å². The maximum Gasteiger partial charge on any atom is -0.0111 e. The Balaban J connectivity index is 0. The third-order valence-electron chi connectivity index (χ3n) is 6.70. The van der Waals surface area contributed by atoms with E-state index in [1.54, 1.807) is 0 Å². The first-order chi connectivity index (χ1) is 16.5. The van der Waals surface area contributed by atoms with Crippen molar-refractivity contribution in [1.82, 2.24) is 0 Å². The minimum Gasteiger partial charge on any atom is -0.106 e. The van der Waals surface area contributed by atoms with Crippen molar-refractivity contribution >= 4 is 11.1 Å². The molecular weight excluding hydrogens is 420 g/mol. The Kier molecular flexibility index (Phi) is 17.1. The quantitative estimate of drug-likeness (QED) is 0.245. The summed E-state index contributed by atoms with van der Waals surface area (Å²) in [4.78, 5) is 0. The molecule has 0 atom stereocenters. The van der Waals surface area contributed by atoms with Gasteiger partial charge in [0, 0.05) is 0 Å². The summed E-state index contributed by atoms with van der Waals surface area (Å²) < 4.78 is 0. The number of hydrogen-bond donors (Lipinski definition) is 0. The molecule has 0 saturated heterocycles. The second kappa shape index (κ2) is 17.1. The Hall–Kier alpha value is -2.34. The van der Waals surface area contributed by atoms with Crippen LogP contribution in [0.3, 0.4) is 0 Å². The summed E-state index contributed by atoms with van der Waals surface area (Å²) >= 11 is 0. The zero-order valence-corrected chi connectivity index (χ0v) is 25.7. The summed E-state index contributed by atoms with van der Waals surface area (Å²) in [5, 5.41) is 0. The summed E-state index contributed by atoms with van der Waals surface area (Å²) in [5.41, 5.74) is 17.8. The number of benzene rings is 1. The second-order valence-corrected chi connectivity index (χ2v) is 9.16. The fraction of sp³-hybridized carbons (Fsp3) is 0.486. The van der Waals surface area contributed by atoms with Crippen LogP contribution in [0, 0.1) is 6.92 Å². The van der Waals surface area contributed by atoms with Crippen molar-refractivity contribution < 1.29 is 0 Å². The van der Waals surface area contributed by atoms with Crippen LogP contribution in [0.5, 0.6) is 0 Å². The first-order valence-corrected chi connectivity index (χ1v) is 13.5. The minimum atomic E-state index is 1.03.